The smallest absolute Gasteiger partial charge is 0.253 e. The first-order valence-corrected chi connectivity index (χ1v) is 8.14. The fraction of sp³-hybridized carbons (Fsp3) is 0.188. The van der Waals surface area contributed by atoms with Gasteiger partial charge in [-0.3, -0.25) is 4.79 Å². The van der Waals surface area contributed by atoms with Gasteiger partial charge >= 0.3 is 0 Å². The monoisotopic (exact) mass is 378 g/mol. The number of halogens is 1. The molecule has 3 aromatic rings. The molecule has 124 valence electrons. The lowest BCUT2D eigenvalue weighted by Crippen LogP contribution is -2.19. The molecule has 0 saturated carbocycles. The van der Waals surface area contributed by atoms with Crippen LogP contribution in [-0.2, 0) is 0 Å². The third-order valence-corrected chi connectivity index (χ3v) is 4.77. The van der Waals surface area contributed by atoms with E-state index in [2.05, 4.69) is 21.4 Å². The van der Waals surface area contributed by atoms with Gasteiger partial charge in [0.15, 0.2) is 5.13 Å². The van der Waals surface area contributed by atoms with Gasteiger partial charge in [0.1, 0.15) is 10.9 Å². The Kier molecular flexibility index (Phi) is 5.54. The molecule has 2 aromatic heterocycles. The molecule has 0 unspecified atom stereocenters. The molecule has 0 radical (unpaired) electrons. The lowest BCUT2D eigenvalue weighted by atomic mass is 10.1. The van der Waals surface area contributed by atoms with Crippen molar-refractivity contribution in [2.45, 2.75) is 19.9 Å². The fourth-order valence-electron chi connectivity index (χ4n) is 2.34. The Hall–Kier alpha value is -2.01. The Balaban J connectivity index is 0.00000208. The summed E-state index contributed by atoms with van der Waals surface area (Å²) >= 11 is 7.29. The van der Waals surface area contributed by atoms with E-state index >= 15 is 0 Å². The first kappa shape index (κ1) is 18.3. The second-order valence-electron chi connectivity index (χ2n) is 5.20. The van der Waals surface area contributed by atoms with Crippen LogP contribution in [0.1, 0.15) is 29.1 Å². The van der Waals surface area contributed by atoms with Crippen LogP contribution >= 0.6 is 36.4 Å². The van der Waals surface area contributed by atoms with Gasteiger partial charge in [-0.05, 0) is 38.1 Å². The van der Waals surface area contributed by atoms with Crippen molar-refractivity contribution < 1.29 is 0 Å². The maximum Gasteiger partial charge on any atom is 0.253 e. The predicted octanol–water partition coefficient (Wildman–Crippen LogP) is 4.10. The van der Waals surface area contributed by atoms with Gasteiger partial charge in [-0.15, -0.1) is 0 Å². The van der Waals surface area contributed by atoms with E-state index in [1.165, 1.54) is 11.3 Å². The molecule has 0 aliphatic rings. The highest BCUT2D eigenvalue weighted by atomic mass is 35.5. The number of aromatic nitrogens is 2. The van der Waals surface area contributed by atoms with Crippen molar-refractivity contribution in [1.82, 2.24) is 9.97 Å². The molecule has 0 saturated heterocycles. The number of H-pyrrole nitrogens is 1. The van der Waals surface area contributed by atoms with Crippen molar-refractivity contribution in [2.24, 2.45) is 0 Å². The highest BCUT2D eigenvalue weighted by Gasteiger charge is 2.14. The van der Waals surface area contributed by atoms with Crippen LogP contribution in [0, 0.1) is 18.3 Å². The van der Waals surface area contributed by atoms with Crippen molar-refractivity contribution in [2.75, 3.05) is 5.32 Å². The minimum absolute atomic E-state index is 0. The van der Waals surface area contributed by atoms with Crippen molar-refractivity contribution in [3.63, 3.8) is 0 Å². The Bertz CT molecular complexity index is 990. The number of pyridine rings is 1. The van der Waals surface area contributed by atoms with E-state index in [1.807, 2.05) is 19.1 Å². The van der Waals surface area contributed by atoms with Gasteiger partial charge in [0, 0.05) is 21.5 Å². The number of hydrogen-bond donors (Lipinski definition) is 2. The molecule has 0 fully saturated rings. The molecule has 3 rings (SSSR count). The number of thiazole rings is 1. The third kappa shape index (κ3) is 3.56. The van der Waals surface area contributed by atoms with E-state index in [4.69, 9.17) is 16.9 Å². The molecule has 0 bridgehead atoms. The molecule has 2 N–H and O–H groups in total. The minimum atomic E-state index is -0.251. The number of benzene rings is 1. The molecule has 5 nitrogen and oxygen atoms in total. The molecular formula is C16H15ClN4OS2. The standard InChI is InChI=1S/C16H13ClN4OS.H2S/c1-8(19-16-20-9(2)14(7-18)23-16)12-6-10-5-11(17)3-4-13(10)21-15(12)22;/h3-6,8H,1-2H3,(H,19,20)(H,21,22);1H2/t8-;/m0./s1. The van der Waals surface area contributed by atoms with Crippen molar-refractivity contribution >= 4 is 52.5 Å². The first-order valence-electron chi connectivity index (χ1n) is 6.94. The van der Waals surface area contributed by atoms with E-state index in [9.17, 15) is 4.79 Å². The summed E-state index contributed by atoms with van der Waals surface area (Å²) in [5.41, 5.74) is 1.86. The van der Waals surface area contributed by atoms with Crippen molar-refractivity contribution in [1.29, 1.82) is 5.26 Å². The molecule has 8 heteroatoms. The number of fused-ring (bicyclic) bond motifs is 1. The lowest BCUT2D eigenvalue weighted by molar-refractivity contribution is 0.862. The minimum Gasteiger partial charge on any atom is -0.355 e. The van der Waals surface area contributed by atoms with Gasteiger partial charge < -0.3 is 10.3 Å². The average molecular weight is 379 g/mol. The molecule has 0 aliphatic carbocycles. The highest BCUT2D eigenvalue weighted by Crippen LogP contribution is 2.26. The van der Waals surface area contributed by atoms with Crippen LogP contribution < -0.4 is 10.9 Å². The summed E-state index contributed by atoms with van der Waals surface area (Å²) in [5.74, 6) is 0. The van der Waals surface area contributed by atoms with Crippen LogP contribution in [0.2, 0.25) is 5.02 Å². The molecule has 0 amide bonds. The van der Waals surface area contributed by atoms with E-state index in [0.29, 0.717) is 26.3 Å². The van der Waals surface area contributed by atoms with E-state index in [1.54, 1.807) is 19.1 Å². The van der Waals surface area contributed by atoms with Crippen LogP contribution in [-0.4, -0.2) is 9.97 Å². The largest absolute Gasteiger partial charge is 0.355 e. The second kappa shape index (κ2) is 7.26. The van der Waals surface area contributed by atoms with Gasteiger partial charge in [-0.25, -0.2) is 4.98 Å². The Morgan fingerprint density at radius 3 is 2.83 bits per heavy atom. The van der Waals surface area contributed by atoms with Gasteiger partial charge in [-0.1, -0.05) is 22.9 Å². The number of nitrogens with one attached hydrogen (secondary N) is 2. The Morgan fingerprint density at radius 2 is 2.17 bits per heavy atom. The normalized spacial score (nSPS) is 11.6. The molecular weight excluding hydrogens is 364 g/mol. The van der Waals surface area contributed by atoms with Crippen LogP contribution in [0.4, 0.5) is 5.13 Å². The Morgan fingerprint density at radius 1 is 1.42 bits per heavy atom. The number of aryl methyl sites for hydroxylation is 1. The maximum atomic E-state index is 12.3. The van der Waals surface area contributed by atoms with Gasteiger partial charge in [-0.2, -0.15) is 18.8 Å². The quantitative estimate of drug-likeness (QED) is 0.718. The van der Waals surface area contributed by atoms with E-state index in [0.717, 1.165) is 10.9 Å². The van der Waals surface area contributed by atoms with E-state index in [-0.39, 0.29) is 25.1 Å². The SMILES string of the molecule is Cc1nc(N[C@@H](C)c2cc3cc(Cl)ccc3[nH]c2=O)sc1C#N.S. The summed E-state index contributed by atoms with van der Waals surface area (Å²) in [7, 11) is 0. The molecule has 2 heterocycles. The maximum absolute atomic E-state index is 12.3. The zero-order valence-corrected chi connectivity index (χ0v) is 15.5. The fourth-order valence-corrected chi connectivity index (χ4v) is 3.37. The summed E-state index contributed by atoms with van der Waals surface area (Å²) in [5, 5.41) is 14.3. The van der Waals surface area contributed by atoms with Crippen molar-refractivity contribution in [3.05, 3.63) is 55.8 Å². The number of nitriles is 1. The predicted molar refractivity (Wildman–Crippen MR) is 104 cm³/mol. The summed E-state index contributed by atoms with van der Waals surface area (Å²) in [6.45, 7) is 3.67. The molecule has 1 aromatic carbocycles. The van der Waals surface area contributed by atoms with Crippen LogP contribution in [0.3, 0.4) is 0 Å². The van der Waals surface area contributed by atoms with Crippen LogP contribution in [0.5, 0.6) is 0 Å². The van der Waals surface area contributed by atoms with E-state index < -0.39 is 0 Å². The molecule has 24 heavy (non-hydrogen) atoms. The first-order chi connectivity index (χ1) is 11.0. The summed E-state index contributed by atoms with van der Waals surface area (Å²) in [6.07, 6.45) is 0. The number of nitrogens with zero attached hydrogens (tertiary/aromatic N) is 2. The number of rotatable bonds is 3. The van der Waals surface area contributed by atoms with Gasteiger partial charge in [0.25, 0.3) is 5.56 Å². The molecule has 1 atom stereocenters. The summed E-state index contributed by atoms with van der Waals surface area (Å²) < 4.78 is 0. The highest BCUT2D eigenvalue weighted by molar-refractivity contribution is 7.59. The van der Waals surface area contributed by atoms with Crippen molar-refractivity contribution in [3.8, 4) is 6.07 Å². The average Bonchev–Trinajstić information content (AvgIpc) is 2.86. The summed E-state index contributed by atoms with van der Waals surface area (Å²) in [6, 6.07) is 9.01. The van der Waals surface area contributed by atoms with Gasteiger partial charge in [0.05, 0.1) is 11.7 Å². The zero-order valence-electron chi connectivity index (χ0n) is 13.0. The zero-order chi connectivity index (χ0) is 16.6. The van der Waals surface area contributed by atoms with Crippen LogP contribution in [0.15, 0.2) is 29.1 Å². The topological polar surface area (TPSA) is 81.6 Å². The third-order valence-electron chi connectivity index (χ3n) is 3.54. The number of anilines is 1. The second-order valence-corrected chi connectivity index (χ2v) is 6.63. The summed E-state index contributed by atoms with van der Waals surface area (Å²) in [4.78, 5) is 20.0. The number of hydrogen-bond acceptors (Lipinski definition) is 5. The number of aromatic amines is 1. The van der Waals surface area contributed by atoms with Crippen LogP contribution in [0.25, 0.3) is 10.9 Å². The lowest BCUT2D eigenvalue weighted by Gasteiger charge is -2.13. The molecule has 0 spiro atoms. The molecule has 0 aliphatic heterocycles. The Labute approximate surface area is 154 Å². The van der Waals surface area contributed by atoms with Gasteiger partial charge in [0.2, 0.25) is 0 Å².